The van der Waals surface area contributed by atoms with Crippen LogP contribution in [-0.4, -0.2) is 50.7 Å². The van der Waals surface area contributed by atoms with E-state index in [1.165, 1.54) is 17.2 Å². The molecule has 4 rings (SSSR count). The quantitative estimate of drug-likeness (QED) is 0.538. The summed E-state index contributed by atoms with van der Waals surface area (Å²) < 4.78 is 33.6. The zero-order valence-electron chi connectivity index (χ0n) is 22.4. The lowest BCUT2D eigenvalue weighted by atomic mass is 10.2. The molecule has 200 valence electrons. The molecule has 0 amide bonds. The van der Waals surface area contributed by atoms with Gasteiger partial charge in [-0.2, -0.15) is 9.78 Å². The molecular weight excluding hydrogens is 498 g/mol. The van der Waals surface area contributed by atoms with Gasteiger partial charge in [0, 0.05) is 12.0 Å². The monoisotopic (exact) mass is 537 g/mol. The molecule has 1 N–H and O–H groups in total. The van der Waals surface area contributed by atoms with Crippen LogP contribution in [0.2, 0.25) is 22.2 Å². The molecule has 4 heterocycles. The maximum absolute atomic E-state index is 12.8. The van der Waals surface area contributed by atoms with E-state index in [-0.39, 0.29) is 40.1 Å². The highest BCUT2D eigenvalue weighted by molar-refractivity contribution is 6.83. The first-order valence-electron chi connectivity index (χ1n) is 12.8. The van der Waals surface area contributed by atoms with Gasteiger partial charge in [0.2, 0.25) is 0 Å². The summed E-state index contributed by atoms with van der Waals surface area (Å²) in [7, 11) is -5.49. The van der Waals surface area contributed by atoms with Gasteiger partial charge < -0.3 is 22.1 Å². The highest BCUT2D eigenvalue weighted by Crippen LogP contribution is 2.48. The fourth-order valence-corrected chi connectivity index (χ4v) is 16.7. The summed E-state index contributed by atoms with van der Waals surface area (Å²) in [4.78, 5) is 27.6. The Kier molecular flexibility index (Phi) is 7.66. The molecule has 0 radical (unpaired) electrons. The third-order valence-electron chi connectivity index (χ3n) is 7.45. The van der Waals surface area contributed by atoms with E-state index in [4.69, 9.17) is 22.1 Å². The second kappa shape index (κ2) is 10.1. The molecule has 0 saturated carbocycles. The molecule has 0 aliphatic carbocycles. The van der Waals surface area contributed by atoms with Crippen LogP contribution in [-0.2, 0) is 17.7 Å². The molecule has 10 nitrogen and oxygen atoms in total. The molecule has 2 aromatic heterocycles. The molecule has 36 heavy (non-hydrogen) atoms. The molecule has 2 aromatic rings. The first kappa shape index (κ1) is 27.2. The van der Waals surface area contributed by atoms with E-state index >= 15 is 0 Å². The van der Waals surface area contributed by atoms with Gasteiger partial charge in [0.05, 0.1) is 25.2 Å². The van der Waals surface area contributed by atoms with E-state index in [2.05, 4.69) is 65.5 Å². The first-order chi connectivity index (χ1) is 16.9. The number of furan rings is 1. The Morgan fingerprint density at radius 1 is 0.972 bits per heavy atom. The van der Waals surface area contributed by atoms with Crippen LogP contribution in [0.3, 0.4) is 0 Å². The van der Waals surface area contributed by atoms with Gasteiger partial charge in [0.15, 0.2) is 11.9 Å². The van der Waals surface area contributed by atoms with E-state index in [1.807, 2.05) is 0 Å². The van der Waals surface area contributed by atoms with E-state index < -0.39 is 34.6 Å². The van der Waals surface area contributed by atoms with Crippen LogP contribution in [0.5, 0.6) is 0 Å². The summed E-state index contributed by atoms with van der Waals surface area (Å²) in [5, 5.41) is 4.36. The summed E-state index contributed by atoms with van der Waals surface area (Å²) in [5.41, 5.74) is 0.183. The van der Waals surface area contributed by atoms with Gasteiger partial charge in [0.25, 0.3) is 5.56 Å². The third-order valence-corrected chi connectivity index (χ3v) is 17.7. The van der Waals surface area contributed by atoms with Crippen LogP contribution in [0.1, 0.15) is 68.0 Å². The Morgan fingerprint density at radius 2 is 1.61 bits per heavy atom. The molecule has 12 heteroatoms. The Labute approximate surface area is 213 Å². The number of ether oxygens (including phenoxy) is 1. The van der Waals surface area contributed by atoms with Crippen molar-refractivity contribution in [2.24, 2.45) is 0 Å². The molecule has 0 spiro atoms. The fraction of sp³-hybridized carbons (Fsp3) is 0.708. The molecule has 3 unspecified atom stereocenters. The first-order valence-corrected chi connectivity index (χ1v) is 16.8. The number of rotatable bonds is 6. The van der Waals surface area contributed by atoms with Gasteiger partial charge in [-0.25, -0.2) is 4.79 Å². The smallest absolute Gasteiger partial charge is 0.347 e. The zero-order valence-corrected chi connectivity index (χ0v) is 24.4. The lowest BCUT2D eigenvalue weighted by Crippen LogP contribution is -2.65. The van der Waals surface area contributed by atoms with Crippen LogP contribution in [0.25, 0.3) is 11.3 Å². The van der Waals surface area contributed by atoms with Gasteiger partial charge >= 0.3 is 22.8 Å². The molecule has 0 aromatic carbocycles. The van der Waals surface area contributed by atoms with E-state index in [0.717, 1.165) is 0 Å². The SMILES string of the molecule is CC(C)[Si]1(C(C)C)OCC2OC(n3nc(-c4ccoc4)c(=O)[nH]c3=O)CC2O[Si](C(C)C)(C(C)C)O1. The second-order valence-electron chi connectivity index (χ2n) is 11.1. The summed E-state index contributed by atoms with van der Waals surface area (Å²) in [6.07, 6.45) is 1.84. The average molecular weight is 538 g/mol. The number of fused-ring (bicyclic) bond motifs is 1. The van der Waals surface area contributed by atoms with Crippen LogP contribution >= 0.6 is 0 Å². The van der Waals surface area contributed by atoms with Crippen molar-refractivity contribution in [1.29, 1.82) is 0 Å². The lowest BCUT2D eigenvalue weighted by Gasteiger charge is -2.51. The maximum Gasteiger partial charge on any atom is 0.347 e. The van der Waals surface area contributed by atoms with Crippen molar-refractivity contribution in [3.63, 3.8) is 0 Å². The molecule has 2 aliphatic heterocycles. The van der Waals surface area contributed by atoms with Crippen LogP contribution in [0.15, 0.2) is 32.6 Å². The minimum Gasteiger partial charge on any atom is -0.472 e. The van der Waals surface area contributed by atoms with Crippen molar-refractivity contribution in [2.45, 2.75) is 102 Å². The largest absolute Gasteiger partial charge is 0.472 e. The highest BCUT2D eigenvalue weighted by atomic mass is 28.5. The normalized spacial score (nSPS) is 25.9. The van der Waals surface area contributed by atoms with Gasteiger partial charge in [0.1, 0.15) is 6.10 Å². The van der Waals surface area contributed by atoms with E-state index in [1.54, 1.807) is 6.07 Å². The Hall–Kier alpha value is -1.84. The maximum atomic E-state index is 12.8. The zero-order chi connectivity index (χ0) is 26.4. The number of aromatic nitrogens is 3. The Balaban J connectivity index is 1.73. The second-order valence-corrected chi connectivity index (χ2v) is 19.9. The predicted molar refractivity (Wildman–Crippen MR) is 139 cm³/mol. The third kappa shape index (κ3) is 4.63. The predicted octanol–water partition coefficient (Wildman–Crippen LogP) is 4.44. The summed E-state index contributed by atoms with van der Waals surface area (Å²) in [5.74, 6) is 0. The fourth-order valence-electron chi connectivity index (χ4n) is 5.48. The number of nitrogens with one attached hydrogen (secondary N) is 1. The number of nitrogens with zero attached hydrogens (tertiary/aromatic N) is 2. The molecule has 2 saturated heterocycles. The average Bonchev–Trinajstić information content (AvgIpc) is 3.43. The van der Waals surface area contributed by atoms with Crippen molar-refractivity contribution in [3.8, 4) is 11.3 Å². The molecule has 3 atom stereocenters. The number of aromatic amines is 1. The number of H-pyrrole nitrogens is 1. The lowest BCUT2D eigenvalue weighted by molar-refractivity contribution is -0.0602. The van der Waals surface area contributed by atoms with Crippen molar-refractivity contribution in [1.82, 2.24) is 14.8 Å². The van der Waals surface area contributed by atoms with Gasteiger partial charge in [-0.1, -0.05) is 55.4 Å². The molecule has 0 bridgehead atoms. The number of hydrogen-bond acceptors (Lipinski definition) is 8. The Morgan fingerprint density at radius 3 is 2.17 bits per heavy atom. The topological polar surface area (TPSA) is 118 Å². The van der Waals surface area contributed by atoms with Gasteiger partial charge in [-0.05, 0) is 28.2 Å². The minimum absolute atomic E-state index is 0.0934. The van der Waals surface area contributed by atoms with Crippen molar-refractivity contribution in [2.75, 3.05) is 6.61 Å². The molecule has 2 aliphatic rings. The van der Waals surface area contributed by atoms with Gasteiger partial charge in [-0.15, -0.1) is 0 Å². The highest BCUT2D eigenvalue weighted by Gasteiger charge is 2.60. The van der Waals surface area contributed by atoms with Crippen LogP contribution in [0.4, 0.5) is 0 Å². The summed E-state index contributed by atoms with van der Waals surface area (Å²) in [6.45, 7) is 17.7. The van der Waals surface area contributed by atoms with Crippen LogP contribution in [0, 0.1) is 0 Å². The molecule has 2 fully saturated rings. The van der Waals surface area contributed by atoms with Crippen molar-refractivity contribution >= 4 is 17.1 Å². The minimum atomic E-state index is -2.80. The Bertz CT molecular complexity index is 1140. The summed E-state index contributed by atoms with van der Waals surface area (Å²) in [6, 6.07) is 1.62. The van der Waals surface area contributed by atoms with E-state index in [0.29, 0.717) is 18.6 Å². The summed E-state index contributed by atoms with van der Waals surface area (Å²) >= 11 is 0. The number of hydrogen-bond donors (Lipinski definition) is 1. The van der Waals surface area contributed by atoms with Crippen LogP contribution < -0.4 is 11.2 Å². The standard InChI is InChI=1S/C24H39N3O7Si2/c1-14(2)35(15(3)4)31-13-20-19(33-36(34-35,16(5)6)17(7)8)11-21(32-20)27-24(29)25-23(28)22(26-27)18-9-10-30-12-18/h9-10,12,14-17,19-21H,11,13H2,1-8H3,(H,25,28,29). The van der Waals surface area contributed by atoms with Gasteiger partial charge in [-0.3, -0.25) is 9.78 Å². The van der Waals surface area contributed by atoms with E-state index in [9.17, 15) is 9.59 Å². The molecular formula is C24H39N3O7Si2. The van der Waals surface area contributed by atoms with Crippen molar-refractivity contribution < 1.29 is 22.1 Å². The van der Waals surface area contributed by atoms with Crippen molar-refractivity contribution in [3.05, 3.63) is 39.4 Å².